The van der Waals surface area contributed by atoms with Gasteiger partial charge in [-0.25, -0.2) is 0 Å². The predicted octanol–water partition coefficient (Wildman–Crippen LogP) is 7.54. The van der Waals surface area contributed by atoms with E-state index in [-0.39, 0.29) is 5.57 Å². The number of nitriles is 1. The molecule has 5 heteroatoms. The number of nitrogens with one attached hydrogen (secondary N) is 1. The van der Waals surface area contributed by atoms with E-state index in [0.29, 0.717) is 36.0 Å². The summed E-state index contributed by atoms with van der Waals surface area (Å²) in [4.78, 5) is 12.8. The fraction of sp³-hybridized carbons (Fsp3) is 0.0588. The molecule has 5 aromatic rings. The minimum absolute atomic E-state index is 0.00870. The van der Waals surface area contributed by atoms with Crippen LogP contribution in [0.2, 0.25) is 0 Å². The SMILES string of the molecule is N#C/C(=C/c1cccc(OCc2cccc3ccccc23)c1)C(=O)Nc1ccc(OCc2ccccc2)cc1. The molecule has 0 heterocycles. The van der Waals surface area contributed by atoms with Crippen LogP contribution in [-0.2, 0) is 18.0 Å². The van der Waals surface area contributed by atoms with Gasteiger partial charge in [-0.2, -0.15) is 5.26 Å². The standard InChI is InChI=1S/C34H26N2O3/c35-22-29(34(37)36-30-16-18-31(19-17-30)38-23-25-8-2-1-3-9-25)20-26-10-6-14-32(21-26)39-24-28-13-7-12-27-11-4-5-15-33(27)28/h1-21H,23-24H2,(H,36,37)/b29-20-. The number of ether oxygens (including phenoxy) is 2. The predicted molar refractivity (Wildman–Crippen MR) is 154 cm³/mol. The van der Waals surface area contributed by atoms with E-state index in [1.807, 2.05) is 84.9 Å². The van der Waals surface area contributed by atoms with E-state index in [1.165, 1.54) is 0 Å². The monoisotopic (exact) mass is 510 g/mol. The second-order valence-electron chi connectivity index (χ2n) is 8.92. The van der Waals surface area contributed by atoms with Gasteiger partial charge in [-0.05, 0) is 69.9 Å². The summed E-state index contributed by atoms with van der Waals surface area (Å²) in [6.45, 7) is 0.865. The molecule has 190 valence electrons. The van der Waals surface area contributed by atoms with Gasteiger partial charge in [-0.15, -0.1) is 0 Å². The average molecular weight is 511 g/mol. The summed E-state index contributed by atoms with van der Waals surface area (Å²) in [7, 11) is 0. The smallest absolute Gasteiger partial charge is 0.266 e. The number of amides is 1. The second-order valence-corrected chi connectivity index (χ2v) is 8.92. The highest BCUT2D eigenvalue weighted by Gasteiger charge is 2.10. The number of benzene rings is 5. The van der Waals surface area contributed by atoms with Crippen LogP contribution in [0.5, 0.6) is 11.5 Å². The van der Waals surface area contributed by atoms with Crippen LogP contribution in [0, 0.1) is 11.3 Å². The highest BCUT2D eigenvalue weighted by Crippen LogP contribution is 2.23. The Balaban J connectivity index is 1.21. The minimum Gasteiger partial charge on any atom is -0.489 e. The molecule has 0 aromatic heterocycles. The van der Waals surface area contributed by atoms with Crippen molar-refractivity contribution in [2.45, 2.75) is 13.2 Å². The largest absolute Gasteiger partial charge is 0.489 e. The average Bonchev–Trinajstić information content (AvgIpc) is 2.99. The first kappa shape index (κ1) is 25.3. The van der Waals surface area contributed by atoms with Crippen molar-refractivity contribution in [1.82, 2.24) is 0 Å². The van der Waals surface area contributed by atoms with Crippen LogP contribution < -0.4 is 14.8 Å². The van der Waals surface area contributed by atoms with Crippen molar-refractivity contribution < 1.29 is 14.3 Å². The number of rotatable bonds is 9. The van der Waals surface area contributed by atoms with Gasteiger partial charge in [0, 0.05) is 5.69 Å². The number of hydrogen-bond donors (Lipinski definition) is 1. The maximum absolute atomic E-state index is 12.8. The third-order valence-electron chi connectivity index (χ3n) is 6.17. The van der Waals surface area contributed by atoms with Crippen molar-refractivity contribution in [3.63, 3.8) is 0 Å². The van der Waals surface area contributed by atoms with Gasteiger partial charge in [0.2, 0.25) is 0 Å². The molecular weight excluding hydrogens is 484 g/mol. The maximum atomic E-state index is 12.8. The zero-order valence-electron chi connectivity index (χ0n) is 21.2. The number of anilines is 1. The topological polar surface area (TPSA) is 71.3 Å². The molecule has 0 saturated heterocycles. The van der Waals surface area contributed by atoms with Crippen LogP contribution in [0.15, 0.2) is 127 Å². The number of hydrogen-bond acceptors (Lipinski definition) is 4. The third-order valence-corrected chi connectivity index (χ3v) is 6.17. The van der Waals surface area contributed by atoms with E-state index >= 15 is 0 Å². The molecule has 0 unspecified atom stereocenters. The molecule has 1 amide bonds. The van der Waals surface area contributed by atoms with Gasteiger partial charge >= 0.3 is 0 Å². The highest BCUT2D eigenvalue weighted by atomic mass is 16.5. The molecule has 0 fully saturated rings. The van der Waals surface area contributed by atoms with Crippen LogP contribution in [0.3, 0.4) is 0 Å². The quantitative estimate of drug-likeness (QED) is 0.164. The molecule has 0 radical (unpaired) electrons. The molecule has 0 atom stereocenters. The lowest BCUT2D eigenvalue weighted by molar-refractivity contribution is -0.112. The van der Waals surface area contributed by atoms with Crippen LogP contribution in [0.4, 0.5) is 5.69 Å². The van der Waals surface area contributed by atoms with Gasteiger partial charge in [0.25, 0.3) is 5.91 Å². The van der Waals surface area contributed by atoms with Crippen LogP contribution in [0.1, 0.15) is 16.7 Å². The van der Waals surface area contributed by atoms with Crippen molar-refractivity contribution in [2.75, 3.05) is 5.32 Å². The molecule has 5 rings (SSSR count). The van der Waals surface area contributed by atoms with Gasteiger partial charge in [0.05, 0.1) is 0 Å². The van der Waals surface area contributed by atoms with Crippen molar-refractivity contribution >= 4 is 28.4 Å². The first-order valence-corrected chi connectivity index (χ1v) is 12.6. The Bertz CT molecular complexity index is 1650. The molecule has 0 bridgehead atoms. The van der Waals surface area contributed by atoms with E-state index in [0.717, 1.165) is 21.9 Å². The van der Waals surface area contributed by atoms with Crippen molar-refractivity contribution in [2.24, 2.45) is 0 Å². The first-order chi connectivity index (χ1) is 19.2. The lowest BCUT2D eigenvalue weighted by atomic mass is 10.1. The van der Waals surface area contributed by atoms with Crippen LogP contribution in [-0.4, -0.2) is 5.91 Å². The zero-order valence-corrected chi connectivity index (χ0v) is 21.2. The lowest BCUT2D eigenvalue weighted by Crippen LogP contribution is -2.13. The molecule has 5 nitrogen and oxygen atoms in total. The Hall–Kier alpha value is -5.34. The minimum atomic E-state index is -0.488. The molecule has 0 aliphatic heterocycles. The molecule has 0 aliphatic rings. The summed E-state index contributed by atoms with van der Waals surface area (Å²) in [6, 6.07) is 40.6. The van der Waals surface area contributed by atoms with Crippen molar-refractivity contribution in [3.8, 4) is 17.6 Å². The summed E-state index contributed by atoms with van der Waals surface area (Å²) >= 11 is 0. The van der Waals surface area contributed by atoms with E-state index < -0.39 is 5.91 Å². The Labute approximate surface area is 227 Å². The molecule has 5 aromatic carbocycles. The number of nitrogens with zero attached hydrogens (tertiary/aromatic N) is 1. The summed E-state index contributed by atoms with van der Waals surface area (Å²) in [5, 5.41) is 14.7. The van der Waals surface area contributed by atoms with Gasteiger partial charge in [0.15, 0.2) is 0 Å². The van der Waals surface area contributed by atoms with Gasteiger partial charge in [0.1, 0.15) is 36.4 Å². The molecule has 0 spiro atoms. The van der Waals surface area contributed by atoms with Crippen molar-refractivity contribution in [1.29, 1.82) is 5.26 Å². The third kappa shape index (κ3) is 6.71. The van der Waals surface area contributed by atoms with Gasteiger partial charge < -0.3 is 14.8 Å². The molecule has 39 heavy (non-hydrogen) atoms. The van der Waals surface area contributed by atoms with E-state index in [9.17, 15) is 10.1 Å². The normalized spacial score (nSPS) is 11.0. The molecule has 0 aliphatic carbocycles. The molecular formula is C34H26N2O3. The summed E-state index contributed by atoms with van der Waals surface area (Å²) in [6.07, 6.45) is 1.55. The second kappa shape index (κ2) is 12.3. The maximum Gasteiger partial charge on any atom is 0.266 e. The Morgan fingerprint density at radius 1 is 0.744 bits per heavy atom. The molecule has 1 N–H and O–H groups in total. The summed E-state index contributed by atoms with van der Waals surface area (Å²) in [5.41, 5.74) is 3.41. The highest BCUT2D eigenvalue weighted by molar-refractivity contribution is 6.09. The fourth-order valence-electron chi connectivity index (χ4n) is 4.16. The first-order valence-electron chi connectivity index (χ1n) is 12.6. The van der Waals surface area contributed by atoms with Gasteiger partial charge in [-0.3, -0.25) is 4.79 Å². The number of carbonyl (C=O) groups is 1. The lowest BCUT2D eigenvalue weighted by Gasteiger charge is -2.10. The van der Waals surface area contributed by atoms with E-state index in [4.69, 9.17) is 9.47 Å². The number of fused-ring (bicyclic) bond motifs is 1. The van der Waals surface area contributed by atoms with E-state index in [2.05, 4.69) is 23.5 Å². The summed E-state index contributed by atoms with van der Waals surface area (Å²) < 4.78 is 11.8. The Kier molecular flexibility index (Phi) is 7.96. The van der Waals surface area contributed by atoms with E-state index in [1.54, 1.807) is 30.3 Å². The Morgan fingerprint density at radius 3 is 2.28 bits per heavy atom. The van der Waals surface area contributed by atoms with Crippen LogP contribution in [0.25, 0.3) is 16.8 Å². The fourth-order valence-corrected chi connectivity index (χ4v) is 4.16. The van der Waals surface area contributed by atoms with Gasteiger partial charge in [-0.1, -0.05) is 84.9 Å². The molecule has 0 saturated carbocycles. The summed E-state index contributed by atoms with van der Waals surface area (Å²) in [5.74, 6) is 0.853. The Morgan fingerprint density at radius 2 is 1.46 bits per heavy atom. The van der Waals surface area contributed by atoms with Crippen molar-refractivity contribution in [3.05, 3.63) is 144 Å². The van der Waals surface area contributed by atoms with Crippen LogP contribution >= 0.6 is 0 Å². The number of carbonyl (C=O) groups excluding carboxylic acids is 1. The zero-order chi connectivity index (χ0) is 26.9.